The molecule has 170 valence electrons. The zero-order valence-corrected chi connectivity index (χ0v) is 17.7. The van der Waals surface area contributed by atoms with Crippen molar-refractivity contribution in [2.75, 3.05) is 36.4 Å². The minimum Gasteiger partial charge on any atom is -0.459 e. The van der Waals surface area contributed by atoms with E-state index >= 15 is 0 Å². The smallest absolute Gasteiger partial charge is 0.292 e. The van der Waals surface area contributed by atoms with E-state index in [0.29, 0.717) is 56.4 Å². The number of oxazole rings is 1. The molecule has 4 rings (SSSR count). The molecule has 1 aromatic carbocycles. The van der Waals surface area contributed by atoms with Crippen LogP contribution in [0.3, 0.4) is 0 Å². The molecule has 0 radical (unpaired) electrons. The molecule has 1 aliphatic heterocycles. The molecule has 3 aromatic rings. The summed E-state index contributed by atoms with van der Waals surface area (Å²) >= 11 is 0. The first-order chi connectivity index (χ1) is 16.1. The summed E-state index contributed by atoms with van der Waals surface area (Å²) in [6, 6.07) is 11.9. The highest BCUT2D eigenvalue weighted by molar-refractivity contribution is 5.79. The van der Waals surface area contributed by atoms with Gasteiger partial charge in [-0.1, -0.05) is 12.1 Å². The maximum Gasteiger partial charge on any atom is 0.292 e. The van der Waals surface area contributed by atoms with Gasteiger partial charge in [-0.15, -0.1) is 0 Å². The lowest BCUT2D eigenvalue weighted by Gasteiger charge is -2.31. The summed E-state index contributed by atoms with van der Waals surface area (Å²) in [5.74, 6) is 0.856. The van der Waals surface area contributed by atoms with E-state index in [1.54, 1.807) is 30.3 Å². The number of carbonyl (C=O) groups excluding carboxylic acids is 1. The summed E-state index contributed by atoms with van der Waals surface area (Å²) in [5.41, 5.74) is 0.597. The summed E-state index contributed by atoms with van der Waals surface area (Å²) in [6.07, 6.45) is 2.71. The number of piperidine rings is 1. The van der Waals surface area contributed by atoms with Crippen LogP contribution in [0.1, 0.15) is 18.5 Å². The molecule has 1 saturated heterocycles. The number of nitro groups is 1. The molecule has 11 nitrogen and oxygen atoms in total. The second kappa shape index (κ2) is 9.86. The number of aromatic nitrogens is 1. The van der Waals surface area contributed by atoms with E-state index in [9.17, 15) is 20.2 Å². The van der Waals surface area contributed by atoms with E-state index in [2.05, 4.69) is 21.7 Å². The van der Waals surface area contributed by atoms with Crippen LogP contribution in [-0.2, 0) is 4.79 Å². The fourth-order valence-corrected chi connectivity index (χ4v) is 3.76. The van der Waals surface area contributed by atoms with E-state index in [-0.39, 0.29) is 29.1 Å². The van der Waals surface area contributed by atoms with Crippen molar-refractivity contribution in [3.05, 3.63) is 58.5 Å². The lowest BCUT2D eigenvalue weighted by molar-refractivity contribution is -0.384. The van der Waals surface area contributed by atoms with Crippen molar-refractivity contribution in [2.45, 2.75) is 12.8 Å². The van der Waals surface area contributed by atoms with Crippen molar-refractivity contribution < 1.29 is 18.6 Å². The van der Waals surface area contributed by atoms with Gasteiger partial charge in [0.1, 0.15) is 11.8 Å². The predicted octanol–water partition coefficient (Wildman–Crippen LogP) is 3.16. The molecule has 0 aliphatic carbocycles. The van der Waals surface area contributed by atoms with E-state index in [1.807, 2.05) is 4.90 Å². The van der Waals surface area contributed by atoms with Gasteiger partial charge < -0.3 is 24.4 Å². The minimum absolute atomic E-state index is 0.00411. The molecule has 0 bridgehead atoms. The molecule has 33 heavy (non-hydrogen) atoms. The number of anilines is 2. The van der Waals surface area contributed by atoms with Crippen molar-refractivity contribution in [1.82, 2.24) is 10.3 Å². The Balaban J connectivity index is 1.26. The van der Waals surface area contributed by atoms with Crippen LogP contribution in [0.2, 0.25) is 0 Å². The molecule has 0 unspecified atom stereocenters. The number of hydrogen-bond donors (Lipinski definition) is 2. The van der Waals surface area contributed by atoms with Crippen LogP contribution in [0.4, 0.5) is 17.3 Å². The van der Waals surface area contributed by atoms with Gasteiger partial charge in [0, 0.05) is 38.2 Å². The lowest BCUT2D eigenvalue weighted by Crippen LogP contribution is -2.41. The number of para-hydroxylation sites is 2. The number of nitrogens with zero attached hydrogens (tertiary/aromatic N) is 4. The largest absolute Gasteiger partial charge is 0.459 e. The molecule has 3 heterocycles. The number of nitriles is 1. The highest BCUT2D eigenvalue weighted by Crippen LogP contribution is 2.31. The fourth-order valence-electron chi connectivity index (χ4n) is 3.76. The van der Waals surface area contributed by atoms with Crippen LogP contribution >= 0.6 is 0 Å². The first-order valence-corrected chi connectivity index (χ1v) is 10.5. The standard InChI is InChI=1S/C22H22N6O5/c23-14-17-22(33-21(26-17)19-6-3-13-32-19)27-11-7-15(8-12-27)20(29)25-10-9-24-16-4-1-2-5-18(16)28(30)31/h1-6,13,15,24H,7-12H2,(H,25,29). The molecule has 2 N–H and O–H groups in total. The summed E-state index contributed by atoms with van der Waals surface area (Å²) in [7, 11) is 0. The van der Waals surface area contributed by atoms with Gasteiger partial charge in [0.05, 0.1) is 11.2 Å². The Hall–Kier alpha value is -4.33. The Morgan fingerprint density at radius 2 is 2.03 bits per heavy atom. The highest BCUT2D eigenvalue weighted by atomic mass is 16.6. The van der Waals surface area contributed by atoms with Gasteiger partial charge in [0.25, 0.3) is 11.6 Å². The highest BCUT2D eigenvalue weighted by Gasteiger charge is 2.29. The van der Waals surface area contributed by atoms with Crippen molar-refractivity contribution in [3.8, 4) is 17.7 Å². The molecule has 1 amide bonds. The number of hydrogen-bond acceptors (Lipinski definition) is 9. The first-order valence-electron chi connectivity index (χ1n) is 10.5. The molecule has 1 aliphatic rings. The third-order valence-corrected chi connectivity index (χ3v) is 5.44. The number of nitro benzene ring substituents is 1. The van der Waals surface area contributed by atoms with Crippen molar-refractivity contribution >= 4 is 23.2 Å². The SMILES string of the molecule is N#Cc1nc(-c2ccco2)oc1N1CCC(C(=O)NCCNc2ccccc2[N+](=O)[O-])CC1. The average molecular weight is 450 g/mol. The Morgan fingerprint density at radius 1 is 1.24 bits per heavy atom. The van der Waals surface area contributed by atoms with Gasteiger partial charge >= 0.3 is 0 Å². The number of rotatable bonds is 8. The normalized spacial score (nSPS) is 14.0. The maximum absolute atomic E-state index is 12.5. The molecule has 0 spiro atoms. The molecule has 0 saturated carbocycles. The second-order valence-corrected chi connectivity index (χ2v) is 7.52. The van der Waals surface area contributed by atoms with E-state index in [0.717, 1.165) is 0 Å². The van der Waals surface area contributed by atoms with Crippen molar-refractivity contribution in [1.29, 1.82) is 5.26 Å². The van der Waals surface area contributed by atoms with Gasteiger partial charge in [0.2, 0.25) is 17.5 Å². The van der Waals surface area contributed by atoms with Crippen LogP contribution in [0.5, 0.6) is 0 Å². The number of carbonyl (C=O) groups is 1. The van der Waals surface area contributed by atoms with Gasteiger partial charge in [-0.05, 0) is 31.0 Å². The monoisotopic (exact) mass is 450 g/mol. The zero-order chi connectivity index (χ0) is 23.2. The van der Waals surface area contributed by atoms with Crippen LogP contribution in [0.15, 0.2) is 51.5 Å². The second-order valence-electron chi connectivity index (χ2n) is 7.52. The third kappa shape index (κ3) is 4.95. The molecule has 0 atom stereocenters. The van der Waals surface area contributed by atoms with Gasteiger partial charge in [-0.25, -0.2) is 0 Å². The Morgan fingerprint density at radius 3 is 2.73 bits per heavy atom. The lowest BCUT2D eigenvalue weighted by atomic mass is 9.96. The van der Waals surface area contributed by atoms with Crippen molar-refractivity contribution in [2.24, 2.45) is 5.92 Å². The molecule has 2 aromatic heterocycles. The molecule has 1 fully saturated rings. The summed E-state index contributed by atoms with van der Waals surface area (Å²) in [5, 5.41) is 26.3. The Bertz CT molecular complexity index is 1160. The van der Waals surface area contributed by atoms with Crippen LogP contribution < -0.4 is 15.5 Å². The maximum atomic E-state index is 12.5. The van der Waals surface area contributed by atoms with Crippen LogP contribution in [0.25, 0.3) is 11.7 Å². The van der Waals surface area contributed by atoms with E-state index in [4.69, 9.17) is 8.83 Å². The van der Waals surface area contributed by atoms with E-state index < -0.39 is 4.92 Å². The first kappa shape index (κ1) is 21.9. The Kier molecular flexibility index (Phi) is 6.54. The van der Waals surface area contributed by atoms with E-state index in [1.165, 1.54) is 12.3 Å². The molecular formula is C22H22N6O5. The average Bonchev–Trinajstić information content (AvgIpc) is 3.52. The molecule has 11 heteroatoms. The quantitative estimate of drug-likeness (QED) is 0.299. The number of furan rings is 1. The summed E-state index contributed by atoms with van der Waals surface area (Å²) in [4.78, 5) is 29.3. The zero-order valence-electron chi connectivity index (χ0n) is 17.7. The summed E-state index contributed by atoms with van der Waals surface area (Å²) < 4.78 is 11.1. The minimum atomic E-state index is -0.446. The number of amides is 1. The Labute approximate surface area is 189 Å². The third-order valence-electron chi connectivity index (χ3n) is 5.44. The van der Waals surface area contributed by atoms with Crippen LogP contribution in [0, 0.1) is 27.4 Å². The summed E-state index contributed by atoms with van der Waals surface area (Å²) in [6.45, 7) is 1.81. The van der Waals surface area contributed by atoms with Gasteiger partial charge in [-0.3, -0.25) is 14.9 Å². The molecular weight excluding hydrogens is 428 g/mol. The number of nitrogens with one attached hydrogen (secondary N) is 2. The van der Waals surface area contributed by atoms with Gasteiger partial charge in [-0.2, -0.15) is 10.2 Å². The van der Waals surface area contributed by atoms with Gasteiger partial charge in [0.15, 0.2) is 5.76 Å². The van der Waals surface area contributed by atoms with Crippen molar-refractivity contribution in [3.63, 3.8) is 0 Å². The topological polar surface area (TPSA) is 150 Å². The fraction of sp³-hybridized carbons (Fsp3) is 0.318. The van der Waals surface area contributed by atoms with Crippen LogP contribution in [-0.4, -0.2) is 42.0 Å². The number of benzene rings is 1. The predicted molar refractivity (Wildman–Crippen MR) is 118 cm³/mol.